The molecule has 2 aliphatic rings. The van der Waals surface area contributed by atoms with E-state index in [4.69, 9.17) is 0 Å². The van der Waals surface area contributed by atoms with Gasteiger partial charge in [-0.2, -0.15) is 0 Å². The molecule has 0 aromatic heterocycles. The molecule has 2 fully saturated rings. The van der Waals surface area contributed by atoms with E-state index in [1.165, 1.54) is 32.4 Å². The minimum absolute atomic E-state index is 0.806. The molecule has 2 rings (SSSR count). The highest BCUT2D eigenvalue weighted by molar-refractivity contribution is 9.09. The highest BCUT2D eigenvalue weighted by Crippen LogP contribution is 2.31. The first-order valence-electron chi connectivity index (χ1n) is 3.76. The maximum Gasteiger partial charge on any atom is 0.0313 e. The third-order valence-corrected chi connectivity index (χ3v) is 3.59. The molecule has 0 aromatic rings. The number of alkyl halides is 1. The zero-order chi connectivity index (χ0) is 6.27. The average molecular weight is 190 g/mol. The Morgan fingerprint density at radius 2 is 2.11 bits per heavy atom. The summed E-state index contributed by atoms with van der Waals surface area (Å²) < 4.78 is 0. The summed E-state index contributed by atoms with van der Waals surface area (Å²) in [4.78, 5) is 3.42. The highest BCUT2D eigenvalue weighted by Gasteiger charge is 2.35. The Kier molecular flexibility index (Phi) is 1.54. The van der Waals surface area contributed by atoms with Gasteiger partial charge in [0.25, 0.3) is 0 Å². The molecule has 52 valence electrons. The SMILES string of the molecule is Br[C@@H]1CCN2CCC[C@H]12. The lowest BCUT2D eigenvalue weighted by Crippen LogP contribution is -2.25. The second kappa shape index (κ2) is 2.24. The van der Waals surface area contributed by atoms with E-state index in [-0.39, 0.29) is 0 Å². The van der Waals surface area contributed by atoms with Gasteiger partial charge in [-0.05, 0) is 32.4 Å². The van der Waals surface area contributed by atoms with E-state index in [1.807, 2.05) is 0 Å². The first-order valence-corrected chi connectivity index (χ1v) is 4.67. The van der Waals surface area contributed by atoms with Crippen molar-refractivity contribution in [2.75, 3.05) is 13.1 Å². The Morgan fingerprint density at radius 1 is 1.22 bits per heavy atom. The monoisotopic (exact) mass is 189 g/mol. The van der Waals surface area contributed by atoms with Crippen LogP contribution in [0.5, 0.6) is 0 Å². The number of rotatable bonds is 0. The third kappa shape index (κ3) is 0.926. The first-order chi connectivity index (χ1) is 4.38. The molecular weight excluding hydrogens is 178 g/mol. The highest BCUT2D eigenvalue weighted by atomic mass is 79.9. The van der Waals surface area contributed by atoms with E-state index >= 15 is 0 Å². The van der Waals surface area contributed by atoms with Gasteiger partial charge in [0.1, 0.15) is 0 Å². The van der Waals surface area contributed by atoms with Crippen molar-refractivity contribution in [3.05, 3.63) is 0 Å². The molecule has 2 heteroatoms. The zero-order valence-electron chi connectivity index (χ0n) is 5.52. The normalized spacial score (nSPS) is 43.7. The van der Waals surface area contributed by atoms with Gasteiger partial charge in [-0.3, -0.25) is 4.90 Å². The average Bonchev–Trinajstić information content (AvgIpc) is 2.35. The van der Waals surface area contributed by atoms with Gasteiger partial charge in [0, 0.05) is 10.9 Å². The summed E-state index contributed by atoms with van der Waals surface area (Å²) in [6.07, 6.45) is 4.22. The fraction of sp³-hybridized carbons (Fsp3) is 1.00. The molecule has 2 atom stereocenters. The minimum Gasteiger partial charge on any atom is -0.299 e. The van der Waals surface area contributed by atoms with Gasteiger partial charge in [0.2, 0.25) is 0 Å². The van der Waals surface area contributed by atoms with E-state index in [0.29, 0.717) is 0 Å². The predicted octanol–water partition coefficient (Wildman–Crippen LogP) is 1.62. The van der Waals surface area contributed by atoms with Crippen LogP contribution in [-0.2, 0) is 0 Å². The van der Waals surface area contributed by atoms with Crippen LogP contribution < -0.4 is 0 Å². The van der Waals surface area contributed by atoms with Crippen LogP contribution in [0.3, 0.4) is 0 Å². The van der Waals surface area contributed by atoms with Crippen LogP contribution in [0.2, 0.25) is 0 Å². The van der Waals surface area contributed by atoms with Crippen LogP contribution in [0.15, 0.2) is 0 Å². The summed E-state index contributed by atoms with van der Waals surface area (Å²) in [6, 6.07) is 0.894. The van der Waals surface area contributed by atoms with Gasteiger partial charge >= 0.3 is 0 Å². The van der Waals surface area contributed by atoms with Gasteiger partial charge in [-0.15, -0.1) is 0 Å². The largest absolute Gasteiger partial charge is 0.299 e. The molecule has 1 nitrogen and oxygen atoms in total. The second-order valence-corrected chi connectivity index (χ2v) is 4.23. The van der Waals surface area contributed by atoms with Gasteiger partial charge < -0.3 is 0 Å². The molecule has 0 saturated carbocycles. The van der Waals surface area contributed by atoms with Crippen molar-refractivity contribution in [2.24, 2.45) is 0 Å². The maximum atomic E-state index is 3.70. The predicted molar refractivity (Wildman–Crippen MR) is 41.9 cm³/mol. The minimum atomic E-state index is 0.806. The van der Waals surface area contributed by atoms with E-state index in [2.05, 4.69) is 20.8 Å². The molecular formula is C7H12BrN. The Bertz CT molecular complexity index is 115. The van der Waals surface area contributed by atoms with E-state index < -0.39 is 0 Å². The van der Waals surface area contributed by atoms with Crippen molar-refractivity contribution in [3.8, 4) is 0 Å². The summed E-state index contributed by atoms with van der Waals surface area (Å²) in [5.41, 5.74) is 0. The van der Waals surface area contributed by atoms with Crippen LogP contribution in [-0.4, -0.2) is 28.9 Å². The molecule has 0 spiro atoms. The standard InChI is InChI=1S/C7H12BrN/c8-6-3-5-9-4-1-2-7(6)9/h6-7H,1-5H2/t6-,7-/m1/s1. The molecule has 0 radical (unpaired) electrons. The number of hydrogen-bond donors (Lipinski definition) is 0. The lowest BCUT2D eigenvalue weighted by atomic mass is 10.2. The lowest BCUT2D eigenvalue weighted by Gasteiger charge is -2.14. The number of halogens is 1. The van der Waals surface area contributed by atoms with Gasteiger partial charge in [-0.1, -0.05) is 15.9 Å². The molecule has 0 unspecified atom stereocenters. The molecule has 0 aliphatic carbocycles. The molecule has 0 amide bonds. The van der Waals surface area contributed by atoms with Crippen molar-refractivity contribution in [1.82, 2.24) is 4.90 Å². The maximum absolute atomic E-state index is 3.70. The molecule has 0 N–H and O–H groups in total. The zero-order valence-corrected chi connectivity index (χ0v) is 7.10. The number of nitrogens with zero attached hydrogens (tertiary/aromatic N) is 1. The Balaban J connectivity index is 2.07. The van der Waals surface area contributed by atoms with Gasteiger partial charge in [-0.25, -0.2) is 0 Å². The molecule has 0 bridgehead atoms. The van der Waals surface area contributed by atoms with Crippen LogP contribution in [0, 0.1) is 0 Å². The van der Waals surface area contributed by atoms with Gasteiger partial charge in [0.15, 0.2) is 0 Å². The smallest absolute Gasteiger partial charge is 0.0313 e. The summed E-state index contributed by atoms with van der Waals surface area (Å²) in [6.45, 7) is 2.69. The van der Waals surface area contributed by atoms with Crippen LogP contribution >= 0.6 is 15.9 Å². The van der Waals surface area contributed by atoms with Crippen LogP contribution in [0.1, 0.15) is 19.3 Å². The Hall–Kier alpha value is 0.440. The second-order valence-electron chi connectivity index (χ2n) is 3.05. The van der Waals surface area contributed by atoms with Crippen molar-refractivity contribution in [3.63, 3.8) is 0 Å². The van der Waals surface area contributed by atoms with Gasteiger partial charge in [0.05, 0.1) is 0 Å². The van der Waals surface area contributed by atoms with Crippen LogP contribution in [0.4, 0.5) is 0 Å². The molecule has 2 saturated heterocycles. The lowest BCUT2D eigenvalue weighted by molar-refractivity contribution is 0.327. The Morgan fingerprint density at radius 3 is 2.89 bits per heavy atom. The fourth-order valence-corrected chi connectivity index (χ4v) is 2.82. The Labute approximate surface area is 64.5 Å². The topological polar surface area (TPSA) is 3.24 Å². The molecule has 2 heterocycles. The summed E-state index contributed by atoms with van der Waals surface area (Å²) in [5, 5.41) is 0. The number of fused-ring (bicyclic) bond motifs is 1. The van der Waals surface area contributed by atoms with Crippen molar-refractivity contribution in [2.45, 2.75) is 30.1 Å². The summed E-state index contributed by atoms with van der Waals surface area (Å²) in [7, 11) is 0. The summed E-state index contributed by atoms with van der Waals surface area (Å²) in [5.74, 6) is 0. The van der Waals surface area contributed by atoms with E-state index in [0.717, 1.165) is 10.9 Å². The first kappa shape index (κ1) is 6.17. The summed E-state index contributed by atoms with van der Waals surface area (Å²) >= 11 is 3.70. The van der Waals surface area contributed by atoms with Crippen molar-refractivity contribution < 1.29 is 0 Å². The number of hydrogen-bond acceptors (Lipinski definition) is 1. The van der Waals surface area contributed by atoms with E-state index in [1.54, 1.807) is 0 Å². The molecule has 9 heavy (non-hydrogen) atoms. The molecule has 0 aromatic carbocycles. The van der Waals surface area contributed by atoms with E-state index in [9.17, 15) is 0 Å². The molecule has 2 aliphatic heterocycles. The van der Waals surface area contributed by atoms with Crippen molar-refractivity contribution in [1.29, 1.82) is 0 Å². The van der Waals surface area contributed by atoms with Crippen molar-refractivity contribution >= 4 is 15.9 Å². The van der Waals surface area contributed by atoms with Crippen LogP contribution in [0.25, 0.3) is 0 Å². The third-order valence-electron chi connectivity index (χ3n) is 2.52. The fourth-order valence-electron chi connectivity index (χ4n) is 2.02. The quantitative estimate of drug-likeness (QED) is 0.524.